The lowest BCUT2D eigenvalue weighted by atomic mass is 10.0. The van der Waals surface area contributed by atoms with Gasteiger partial charge in [-0.15, -0.1) is 24.0 Å². The van der Waals surface area contributed by atoms with Crippen molar-refractivity contribution >= 4 is 35.6 Å². The van der Waals surface area contributed by atoms with Crippen molar-refractivity contribution in [3.63, 3.8) is 0 Å². The lowest BCUT2D eigenvalue weighted by molar-refractivity contribution is 0.0575. The highest BCUT2D eigenvalue weighted by Gasteiger charge is 2.30. The predicted molar refractivity (Wildman–Crippen MR) is 97.4 cm³/mol. The van der Waals surface area contributed by atoms with Gasteiger partial charge in [0.05, 0.1) is 12.1 Å². The Morgan fingerprint density at radius 2 is 1.90 bits per heavy atom. The van der Waals surface area contributed by atoms with Crippen LogP contribution in [0, 0.1) is 0 Å². The summed E-state index contributed by atoms with van der Waals surface area (Å²) >= 11 is 0. The van der Waals surface area contributed by atoms with E-state index in [9.17, 15) is 5.11 Å². The molecule has 4 N–H and O–H groups in total. The van der Waals surface area contributed by atoms with E-state index in [0.29, 0.717) is 12.5 Å². The van der Waals surface area contributed by atoms with Crippen molar-refractivity contribution in [1.82, 2.24) is 0 Å². The normalized spacial score (nSPS) is 20.0. The summed E-state index contributed by atoms with van der Waals surface area (Å²) in [5.74, 6) is 0.392. The fourth-order valence-corrected chi connectivity index (χ4v) is 3.26. The first-order valence-corrected chi connectivity index (χ1v) is 7.56. The van der Waals surface area contributed by atoms with E-state index in [2.05, 4.69) is 28.5 Å². The van der Waals surface area contributed by atoms with E-state index in [4.69, 9.17) is 5.73 Å². The number of aliphatic hydroxyl groups is 1. The van der Waals surface area contributed by atoms with Crippen molar-refractivity contribution in [3.8, 4) is 0 Å². The summed E-state index contributed by atoms with van der Waals surface area (Å²) < 4.78 is 0. The maximum Gasteiger partial charge on any atom is 0.193 e. The minimum atomic E-state index is -0.635. The first-order chi connectivity index (χ1) is 9.65. The molecule has 0 atom stereocenters. The molecule has 21 heavy (non-hydrogen) atoms. The van der Waals surface area contributed by atoms with Gasteiger partial charge in [0.1, 0.15) is 0 Å². The van der Waals surface area contributed by atoms with E-state index >= 15 is 0 Å². The second kappa shape index (κ2) is 6.96. The third kappa shape index (κ3) is 4.10. The van der Waals surface area contributed by atoms with Crippen LogP contribution in [0.1, 0.15) is 43.2 Å². The van der Waals surface area contributed by atoms with E-state index in [1.54, 1.807) is 0 Å². The van der Waals surface area contributed by atoms with Crippen molar-refractivity contribution in [2.24, 2.45) is 10.7 Å². The highest BCUT2D eigenvalue weighted by Crippen LogP contribution is 2.29. The number of hydrogen-bond acceptors (Lipinski definition) is 2. The van der Waals surface area contributed by atoms with E-state index in [1.165, 1.54) is 24.0 Å². The van der Waals surface area contributed by atoms with E-state index in [0.717, 1.165) is 37.8 Å². The van der Waals surface area contributed by atoms with Crippen molar-refractivity contribution < 1.29 is 5.11 Å². The second-order valence-corrected chi connectivity index (χ2v) is 6.09. The molecular weight excluding hydrogens is 377 g/mol. The SMILES string of the molecule is I.NC(=NCC1(O)CCCC1)Nc1ccc2c(c1)CCC2. The number of fused-ring (bicyclic) bond motifs is 1. The molecule has 0 unspecified atom stereocenters. The van der Waals surface area contributed by atoms with Gasteiger partial charge in [-0.3, -0.25) is 4.99 Å². The molecule has 1 saturated carbocycles. The Labute approximate surface area is 143 Å². The van der Waals surface area contributed by atoms with Gasteiger partial charge in [-0.05, 0) is 55.4 Å². The van der Waals surface area contributed by atoms with Gasteiger partial charge in [0.25, 0.3) is 0 Å². The number of guanidine groups is 1. The molecule has 0 bridgehead atoms. The zero-order chi connectivity index (χ0) is 14.0. The number of aryl methyl sites for hydroxylation is 2. The van der Waals surface area contributed by atoms with Crippen LogP contribution in [0.15, 0.2) is 23.2 Å². The fraction of sp³-hybridized carbons (Fsp3) is 0.562. The Hall–Kier alpha value is -0.820. The lowest BCUT2D eigenvalue weighted by Gasteiger charge is -2.19. The molecule has 2 aliphatic rings. The van der Waals surface area contributed by atoms with Crippen LogP contribution in [0.3, 0.4) is 0 Å². The molecule has 1 fully saturated rings. The van der Waals surface area contributed by atoms with Crippen LogP contribution in [0.2, 0.25) is 0 Å². The zero-order valence-corrected chi connectivity index (χ0v) is 14.6. The van der Waals surface area contributed by atoms with Gasteiger partial charge in [0.2, 0.25) is 0 Å². The summed E-state index contributed by atoms with van der Waals surface area (Å²) in [6.07, 6.45) is 7.43. The summed E-state index contributed by atoms with van der Waals surface area (Å²) in [7, 11) is 0. The molecule has 0 saturated heterocycles. The van der Waals surface area contributed by atoms with Gasteiger partial charge in [-0.25, -0.2) is 0 Å². The summed E-state index contributed by atoms with van der Waals surface area (Å²) in [5.41, 5.74) is 9.14. The van der Waals surface area contributed by atoms with Crippen LogP contribution in [0.4, 0.5) is 5.69 Å². The largest absolute Gasteiger partial charge is 0.388 e. The molecule has 5 heteroatoms. The molecule has 0 aromatic heterocycles. The van der Waals surface area contributed by atoms with Crippen LogP contribution >= 0.6 is 24.0 Å². The number of nitrogens with one attached hydrogen (secondary N) is 1. The van der Waals surface area contributed by atoms with Gasteiger partial charge in [0.15, 0.2) is 5.96 Å². The molecule has 0 radical (unpaired) electrons. The Kier molecular flexibility index (Phi) is 5.48. The molecule has 0 heterocycles. The first-order valence-electron chi connectivity index (χ1n) is 7.56. The van der Waals surface area contributed by atoms with E-state index in [1.807, 2.05) is 0 Å². The smallest absolute Gasteiger partial charge is 0.193 e. The monoisotopic (exact) mass is 401 g/mol. The molecule has 1 aromatic carbocycles. The minimum absolute atomic E-state index is 0. The Bertz CT molecular complexity index is 524. The highest BCUT2D eigenvalue weighted by molar-refractivity contribution is 14.0. The highest BCUT2D eigenvalue weighted by atomic mass is 127. The van der Waals surface area contributed by atoms with Gasteiger partial charge in [0, 0.05) is 5.69 Å². The van der Waals surface area contributed by atoms with Crippen molar-refractivity contribution in [3.05, 3.63) is 29.3 Å². The quantitative estimate of drug-likeness (QED) is 0.415. The number of nitrogens with two attached hydrogens (primary N) is 1. The van der Waals surface area contributed by atoms with Crippen molar-refractivity contribution in [2.75, 3.05) is 11.9 Å². The number of aliphatic imine (C=N–C) groups is 1. The van der Waals surface area contributed by atoms with Crippen molar-refractivity contribution in [1.29, 1.82) is 0 Å². The zero-order valence-electron chi connectivity index (χ0n) is 12.3. The van der Waals surface area contributed by atoms with Crippen LogP contribution in [0.25, 0.3) is 0 Å². The standard InChI is InChI=1S/C16H23N3O.HI/c17-15(18-11-16(20)8-1-2-9-16)19-14-7-6-12-4-3-5-13(12)10-14;/h6-7,10,20H,1-5,8-9,11H2,(H3,17,18,19);1H. The third-order valence-electron chi connectivity index (χ3n) is 4.45. The van der Waals surface area contributed by atoms with Crippen LogP contribution in [0.5, 0.6) is 0 Å². The predicted octanol–water partition coefficient (Wildman–Crippen LogP) is 2.83. The van der Waals surface area contributed by atoms with Crippen molar-refractivity contribution in [2.45, 2.75) is 50.5 Å². The number of anilines is 1. The summed E-state index contributed by atoms with van der Waals surface area (Å²) in [4.78, 5) is 4.30. The van der Waals surface area contributed by atoms with Gasteiger partial charge in [-0.2, -0.15) is 0 Å². The molecule has 3 rings (SSSR count). The van der Waals surface area contributed by atoms with Crippen LogP contribution in [-0.2, 0) is 12.8 Å². The summed E-state index contributed by atoms with van der Waals surface area (Å²) in [6.45, 7) is 0.400. The Balaban J connectivity index is 0.00000161. The average molecular weight is 401 g/mol. The number of halogens is 1. The summed E-state index contributed by atoms with van der Waals surface area (Å²) in [6, 6.07) is 6.38. The van der Waals surface area contributed by atoms with Crippen LogP contribution < -0.4 is 11.1 Å². The maximum absolute atomic E-state index is 10.2. The number of rotatable bonds is 3. The second-order valence-electron chi connectivity index (χ2n) is 6.09. The topological polar surface area (TPSA) is 70.6 Å². The third-order valence-corrected chi connectivity index (χ3v) is 4.45. The molecule has 2 aliphatic carbocycles. The number of nitrogens with zero attached hydrogens (tertiary/aromatic N) is 1. The number of benzene rings is 1. The molecule has 0 amide bonds. The van der Waals surface area contributed by atoms with E-state index in [-0.39, 0.29) is 24.0 Å². The molecule has 1 aromatic rings. The Morgan fingerprint density at radius 3 is 2.67 bits per heavy atom. The summed E-state index contributed by atoms with van der Waals surface area (Å²) in [5, 5.41) is 13.4. The maximum atomic E-state index is 10.2. The van der Waals surface area contributed by atoms with E-state index < -0.39 is 5.60 Å². The van der Waals surface area contributed by atoms with Gasteiger partial charge in [-0.1, -0.05) is 18.9 Å². The lowest BCUT2D eigenvalue weighted by Crippen LogP contribution is -2.31. The first kappa shape index (κ1) is 16.5. The average Bonchev–Trinajstić information content (AvgIpc) is 3.05. The molecule has 116 valence electrons. The van der Waals surface area contributed by atoms with Crippen LogP contribution in [-0.4, -0.2) is 23.2 Å². The van der Waals surface area contributed by atoms with Gasteiger partial charge >= 0.3 is 0 Å². The minimum Gasteiger partial charge on any atom is -0.388 e. The van der Waals surface area contributed by atoms with Gasteiger partial charge < -0.3 is 16.2 Å². The molecule has 0 spiro atoms. The molecular formula is C16H24IN3O. The Morgan fingerprint density at radius 1 is 1.19 bits per heavy atom. The molecule has 0 aliphatic heterocycles. The fourth-order valence-electron chi connectivity index (χ4n) is 3.26. The number of hydrogen-bond donors (Lipinski definition) is 3. The molecule has 4 nitrogen and oxygen atoms in total.